The lowest BCUT2D eigenvalue weighted by Crippen LogP contribution is -2.18. The first kappa shape index (κ1) is 13.9. The van der Waals surface area contributed by atoms with Crippen molar-refractivity contribution in [3.8, 4) is 0 Å². The lowest BCUT2D eigenvalue weighted by atomic mass is 10.2. The summed E-state index contributed by atoms with van der Waals surface area (Å²) in [5.41, 5.74) is 0.209. The molecule has 1 amide bonds. The van der Waals surface area contributed by atoms with E-state index in [4.69, 9.17) is 11.6 Å². The van der Waals surface area contributed by atoms with E-state index in [1.54, 1.807) is 13.8 Å². The fourth-order valence-electron chi connectivity index (χ4n) is 1.05. The van der Waals surface area contributed by atoms with Crippen LogP contribution in [0.25, 0.3) is 0 Å². The Morgan fingerprint density at radius 1 is 1.53 bits per heavy atom. The van der Waals surface area contributed by atoms with E-state index in [0.29, 0.717) is 5.69 Å². The number of benzene rings is 1. The standard InChI is InChI=1S/C10H10BrClN2O3/c1-5(2)10(15)13-6-3-4-7(14(16)17)8(11)9(6)12/h3-5H,1-2H3,(H,13,15). The lowest BCUT2D eigenvalue weighted by molar-refractivity contribution is -0.385. The van der Waals surface area contributed by atoms with E-state index in [-0.39, 0.29) is 27.0 Å². The molecule has 1 N–H and O–H groups in total. The monoisotopic (exact) mass is 320 g/mol. The first-order chi connectivity index (χ1) is 7.84. The number of hydrogen-bond donors (Lipinski definition) is 1. The van der Waals surface area contributed by atoms with Crippen LogP contribution in [0.3, 0.4) is 0 Å². The van der Waals surface area contributed by atoms with Gasteiger partial charge in [0.15, 0.2) is 0 Å². The molecule has 5 nitrogen and oxygen atoms in total. The summed E-state index contributed by atoms with van der Waals surface area (Å²) in [6.45, 7) is 3.48. The van der Waals surface area contributed by atoms with Crippen molar-refractivity contribution < 1.29 is 9.72 Å². The molecule has 0 spiro atoms. The van der Waals surface area contributed by atoms with E-state index in [0.717, 1.165) is 0 Å². The Morgan fingerprint density at radius 2 is 2.12 bits per heavy atom. The highest BCUT2D eigenvalue weighted by molar-refractivity contribution is 9.10. The summed E-state index contributed by atoms with van der Waals surface area (Å²) in [6.07, 6.45) is 0. The maximum absolute atomic E-state index is 11.5. The van der Waals surface area contributed by atoms with E-state index >= 15 is 0 Å². The molecule has 0 aromatic heterocycles. The minimum atomic E-state index is -0.552. The maximum atomic E-state index is 11.5. The molecule has 1 rings (SSSR count). The minimum absolute atomic E-state index is 0.119. The summed E-state index contributed by atoms with van der Waals surface area (Å²) < 4.78 is 0.158. The van der Waals surface area contributed by atoms with Crippen LogP contribution in [0.15, 0.2) is 16.6 Å². The molecule has 92 valence electrons. The second kappa shape index (κ2) is 5.46. The normalized spacial score (nSPS) is 10.4. The van der Waals surface area contributed by atoms with Crippen molar-refractivity contribution in [3.05, 3.63) is 31.7 Å². The maximum Gasteiger partial charge on any atom is 0.285 e. The first-order valence-electron chi connectivity index (χ1n) is 4.77. The Hall–Kier alpha value is -1.14. The zero-order valence-electron chi connectivity index (χ0n) is 9.16. The zero-order chi connectivity index (χ0) is 13.2. The Balaban J connectivity index is 3.09. The van der Waals surface area contributed by atoms with E-state index in [2.05, 4.69) is 21.2 Å². The number of rotatable bonds is 3. The molecule has 0 radical (unpaired) electrons. The second-order valence-corrected chi connectivity index (χ2v) is 4.83. The first-order valence-corrected chi connectivity index (χ1v) is 5.95. The number of nitrogens with zero attached hydrogens (tertiary/aromatic N) is 1. The highest BCUT2D eigenvalue weighted by Crippen LogP contribution is 2.37. The van der Waals surface area contributed by atoms with Crippen molar-refractivity contribution in [2.75, 3.05) is 5.32 Å². The number of nitrogens with one attached hydrogen (secondary N) is 1. The Bertz CT molecular complexity index is 477. The summed E-state index contributed by atoms with van der Waals surface area (Å²) in [6, 6.07) is 2.69. The molecule has 7 heteroatoms. The van der Waals surface area contributed by atoms with Gasteiger partial charge in [0, 0.05) is 12.0 Å². The van der Waals surface area contributed by atoms with Crippen LogP contribution in [-0.2, 0) is 4.79 Å². The molecule has 1 aromatic rings. The highest BCUT2D eigenvalue weighted by atomic mass is 79.9. The van der Waals surface area contributed by atoms with Gasteiger partial charge in [-0.15, -0.1) is 0 Å². The van der Waals surface area contributed by atoms with Crippen LogP contribution < -0.4 is 5.32 Å². The Kier molecular flexibility index (Phi) is 4.47. The summed E-state index contributed by atoms with van der Waals surface area (Å²) in [7, 11) is 0. The van der Waals surface area contributed by atoms with Crippen LogP contribution >= 0.6 is 27.5 Å². The van der Waals surface area contributed by atoms with Crippen molar-refractivity contribution in [2.45, 2.75) is 13.8 Å². The molecule has 0 unspecified atom stereocenters. The van der Waals surface area contributed by atoms with Crippen molar-refractivity contribution in [3.63, 3.8) is 0 Å². The van der Waals surface area contributed by atoms with Gasteiger partial charge in [-0.3, -0.25) is 14.9 Å². The molecule has 0 atom stereocenters. The van der Waals surface area contributed by atoms with Crippen LogP contribution in [0.4, 0.5) is 11.4 Å². The van der Waals surface area contributed by atoms with Gasteiger partial charge in [0.2, 0.25) is 5.91 Å². The number of carbonyl (C=O) groups excluding carboxylic acids is 1. The van der Waals surface area contributed by atoms with Crippen molar-refractivity contribution in [2.24, 2.45) is 5.92 Å². The van der Waals surface area contributed by atoms with Crippen LogP contribution in [0.2, 0.25) is 5.02 Å². The van der Waals surface area contributed by atoms with Crippen LogP contribution in [0, 0.1) is 16.0 Å². The van der Waals surface area contributed by atoms with Gasteiger partial charge in [0.05, 0.1) is 15.6 Å². The largest absolute Gasteiger partial charge is 0.325 e. The van der Waals surface area contributed by atoms with E-state index in [1.807, 2.05) is 0 Å². The fourth-order valence-corrected chi connectivity index (χ4v) is 1.75. The van der Waals surface area contributed by atoms with E-state index in [1.165, 1.54) is 12.1 Å². The number of hydrogen-bond acceptors (Lipinski definition) is 3. The van der Waals surface area contributed by atoms with E-state index < -0.39 is 4.92 Å². The summed E-state index contributed by atoms with van der Waals surface area (Å²) in [4.78, 5) is 21.6. The molecule has 0 aliphatic heterocycles. The van der Waals surface area contributed by atoms with Gasteiger partial charge in [-0.25, -0.2) is 0 Å². The van der Waals surface area contributed by atoms with E-state index in [9.17, 15) is 14.9 Å². The quantitative estimate of drug-likeness (QED) is 0.683. The van der Waals surface area contributed by atoms with Gasteiger partial charge >= 0.3 is 0 Å². The highest BCUT2D eigenvalue weighted by Gasteiger charge is 2.19. The average molecular weight is 322 g/mol. The average Bonchev–Trinajstić information content (AvgIpc) is 2.24. The molecule has 0 heterocycles. The molecule has 0 aliphatic rings. The number of nitro benzene ring substituents is 1. The predicted octanol–water partition coefficient (Wildman–Crippen LogP) is 3.61. The molecule has 0 aliphatic carbocycles. The molecule has 0 saturated heterocycles. The molecular weight excluding hydrogens is 311 g/mol. The Labute approximate surface area is 111 Å². The van der Waals surface area contributed by atoms with Crippen LogP contribution in [-0.4, -0.2) is 10.8 Å². The van der Waals surface area contributed by atoms with Gasteiger partial charge in [-0.2, -0.15) is 0 Å². The lowest BCUT2D eigenvalue weighted by Gasteiger charge is -2.10. The topological polar surface area (TPSA) is 72.2 Å². The molecular formula is C10H10BrClN2O3. The molecule has 17 heavy (non-hydrogen) atoms. The summed E-state index contributed by atoms with van der Waals surface area (Å²) >= 11 is 8.96. The molecule has 0 saturated carbocycles. The third kappa shape index (κ3) is 3.17. The van der Waals surface area contributed by atoms with Crippen molar-refractivity contribution in [1.82, 2.24) is 0 Å². The Morgan fingerprint density at radius 3 is 2.59 bits per heavy atom. The molecule has 1 aromatic carbocycles. The van der Waals surface area contributed by atoms with Crippen molar-refractivity contribution >= 4 is 44.8 Å². The minimum Gasteiger partial charge on any atom is -0.325 e. The fraction of sp³-hybridized carbons (Fsp3) is 0.300. The van der Waals surface area contributed by atoms with Gasteiger partial charge in [-0.05, 0) is 22.0 Å². The van der Waals surface area contributed by atoms with Crippen LogP contribution in [0.1, 0.15) is 13.8 Å². The van der Waals surface area contributed by atoms with Crippen molar-refractivity contribution in [1.29, 1.82) is 0 Å². The van der Waals surface area contributed by atoms with Gasteiger partial charge in [0.25, 0.3) is 5.69 Å². The summed E-state index contributed by atoms with van der Waals surface area (Å²) in [5.74, 6) is -0.396. The summed E-state index contributed by atoms with van der Waals surface area (Å²) in [5, 5.41) is 13.4. The van der Waals surface area contributed by atoms with Gasteiger partial charge < -0.3 is 5.32 Å². The van der Waals surface area contributed by atoms with Crippen LogP contribution in [0.5, 0.6) is 0 Å². The predicted molar refractivity (Wildman–Crippen MR) is 69.3 cm³/mol. The second-order valence-electron chi connectivity index (χ2n) is 3.66. The third-order valence-electron chi connectivity index (χ3n) is 2.04. The van der Waals surface area contributed by atoms with Gasteiger partial charge in [0.1, 0.15) is 4.47 Å². The smallest absolute Gasteiger partial charge is 0.285 e. The molecule has 0 bridgehead atoms. The number of nitro groups is 1. The number of amides is 1. The third-order valence-corrected chi connectivity index (χ3v) is 3.46. The number of carbonyl (C=O) groups is 1. The molecule has 0 fully saturated rings. The number of anilines is 1. The number of halogens is 2. The van der Waals surface area contributed by atoms with Gasteiger partial charge in [-0.1, -0.05) is 25.4 Å². The SMILES string of the molecule is CC(C)C(=O)Nc1ccc([N+](=O)[O-])c(Br)c1Cl. The zero-order valence-corrected chi connectivity index (χ0v) is 11.5.